The summed E-state index contributed by atoms with van der Waals surface area (Å²) in [6.45, 7) is 6.84. The van der Waals surface area contributed by atoms with Crippen LogP contribution in [0.25, 0.3) is 17.3 Å². The van der Waals surface area contributed by atoms with Gasteiger partial charge in [0.2, 0.25) is 11.7 Å². The largest absolute Gasteiger partial charge is 0.461 e. The summed E-state index contributed by atoms with van der Waals surface area (Å²) in [5, 5.41) is 12.2. The number of carbonyl (C=O) groups excluding carboxylic acids is 1. The molecule has 26 heavy (non-hydrogen) atoms. The number of thioether (sulfide) groups is 1. The summed E-state index contributed by atoms with van der Waals surface area (Å²) < 4.78 is 7.45. The van der Waals surface area contributed by atoms with Crippen molar-refractivity contribution in [2.45, 2.75) is 25.9 Å². The van der Waals surface area contributed by atoms with Crippen molar-refractivity contribution in [3.8, 4) is 17.3 Å². The number of rotatable bonds is 7. The van der Waals surface area contributed by atoms with Crippen LogP contribution in [-0.2, 0) is 4.79 Å². The van der Waals surface area contributed by atoms with Gasteiger partial charge in [-0.15, -0.1) is 10.2 Å². The Balaban J connectivity index is 1.89. The summed E-state index contributed by atoms with van der Waals surface area (Å²) in [4.78, 5) is 12.1. The SMILES string of the molecule is Cc1ccccc1-n1c(SCC(=O)NCC(C)C)nnc1-c1ccco1. The van der Waals surface area contributed by atoms with Crippen LogP contribution in [0.1, 0.15) is 19.4 Å². The summed E-state index contributed by atoms with van der Waals surface area (Å²) in [7, 11) is 0. The Kier molecular flexibility index (Phi) is 5.78. The van der Waals surface area contributed by atoms with Gasteiger partial charge in [0.25, 0.3) is 0 Å². The zero-order chi connectivity index (χ0) is 18.5. The molecule has 0 fully saturated rings. The van der Waals surface area contributed by atoms with E-state index in [-0.39, 0.29) is 11.7 Å². The lowest BCUT2D eigenvalue weighted by molar-refractivity contribution is -0.118. The molecule has 0 aliphatic carbocycles. The molecule has 0 saturated heterocycles. The minimum absolute atomic E-state index is 0.0115. The molecule has 0 aliphatic heterocycles. The van der Waals surface area contributed by atoms with Crippen molar-refractivity contribution in [2.75, 3.05) is 12.3 Å². The molecule has 6 nitrogen and oxygen atoms in total. The number of carbonyl (C=O) groups is 1. The number of furan rings is 1. The maximum atomic E-state index is 12.1. The predicted molar refractivity (Wildman–Crippen MR) is 102 cm³/mol. The molecule has 0 radical (unpaired) electrons. The van der Waals surface area contributed by atoms with E-state index in [1.807, 2.05) is 47.9 Å². The molecule has 0 spiro atoms. The highest BCUT2D eigenvalue weighted by Crippen LogP contribution is 2.29. The first kappa shape index (κ1) is 18.3. The third-order valence-corrected chi connectivity index (χ3v) is 4.70. The number of hydrogen-bond donors (Lipinski definition) is 1. The lowest BCUT2D eigenvalue weighted by atomic mass is 10.2. The normalized spacial score (nSPS) is 11.1. The average Bonchev–Trinajstić information content (AvgIpc) is 3.28. The number of para-hydroxylation sites is 1. The predicted octanol–water partition coefficient (Wildman–Crippen LogP) is 3.70. The Morgan fingerprint density at radius 3 is 2.73 bits per heavy atom. The molecule has 0 unspecified atom stereocenters. The highest BCUT2D eigenvalue weighted by Gasteiger charge is 2.19. The number of hydrogen-bond acceptors (Lipinski definition) is 5. The van der Waals surface area contributed by atoms with Crippen LogP contribution in [0.3, 0.4) is 0 Å². The Morgan fingerprint density at radius 2 is 2.04 bits per heavy atom. The van der Waals surface area contributed by atoms with Crippen molar-refractivity contribution >= 4 is 17.7 Å². The Hall–Kier alpha value is -2.54. The smallest absolute Gasteiger partial charge is 0.230 e. The monoisotopic (exact) mass is 370 g/mol. The van der Waals surface area contributed by atoms with Crippen LogP contribution in [-0.4, -0.2) is 33.0 Å². The average molecular weight is 370 g/mol. The number of nitrogens with one attached hydrogen (secondary N) is 1. The second-order valence-corrected chi connectivity index (χ2v) is 7.33. The van der Waals surface area contributed by atoms with Crippen LogP contribution in [0, 0.1) is 12.8 Å². The first-order valence-corrected chi connectivity index (χ1v) is 9.49. The minimum atomic E-state index is -0.0115. The molecule has 2 heterocycles. The molecule has 1 amide bonds. The molecule has 3 rings (SSSR count). The Labute approximate surface area is 157 Å². The molecule has 0 saturated carbocycles. The van der Waals surface area contributed by atoms with Crippen LogP contribution in [0.2, 0.25) is 0 Å². The summed E-state index contributed by atoms with van der Waals surface area (Å²) in [6.07, 6.45) is 1.61. The first-order chi connectivity index (χ1) is 12.6. The standard InChI is InChI=1S/C19H22N4O2S/c1-13(2)11-20-17(24)12-26-19-22-21-18(16-9-6-10-25-16)23(19)15-8-5-4-7-14(15)3/h4-10,13H,11-12H2,1-3H3,(H,20,24). The van der Waals surface area contributed by atoms with Gasteiger partial charge in [0.1, 0.15) is 0 Å². The zero-order valence-electron chi connectivity index (χ0n) is 15.1. The number of aryl methyl sites for hydroxylation is 1. The van der Waals surface area contributed by atoms with Crippen LogP contribution in [0.4, 0.5) is 0 Å². The number of nitrogens with zero attached hydrogens (tertiary/aromatic N) is 3. The van der Waals surface area contributed by atoms with Gasteiger partial charge in [-0.05, 0) is 36.6 Å². The fraction of sp³-hybridized carbons (Fsp3) is 0.316. The van der Waals surface area contributed by atoms with E-state index in [1.165, 1.54) is 11.8 Å². The zero-order valence-corrected chi connectivity index (χ0v) is 15.9. The topological polar surface area (TPSA) is 73.0 Å². The molecular formula is C19H22N4O2S. The van der Waals surface area contributed by atoms with E-state index in [0.717, 1.165) is 11.3 Å². The highest BCUT2D eigenvalue weighted by molar-refractivity contribution is 7.99. The quantitative estimate of drug-likeness (QED) is 0.642. The molecular weight excluding hydrogens is 348 g/mol. The summed E-state index contributed by atoms with van der Waals surface area (Å²) in [5.41, 5.74) is 2.06. The third-order valence-electron chi connectivity index (χ3n) is 3.77. The fourth-order valence-electron chi connectivity index (χ4n) is 2.46. The van der Waals surface area contributed by atoms with E-state index >= 15 is 0 Å². The van der Waals surface area contributed by atoms with Gasteiger partial charge in [0.15, 0.2) is 10.9 Å². The van der Waals surface area contributed by atoms with Gasteiger partial charge in [-0.25, -0.2) is 0 Å². The Morgan fingerprint density at radius 1 is 1.23 bits per heavy atom. The number of aromatic nitrogens is 3. The first-order valence-electron chi connectivity index (χ1n) is 8.51. The van der Waals surface area contributed by atoms with Crippen LogP contribution in [0.5, 0.6) is 0 Å². The molecule has 1 aromatic carbocycles. The lowest BCUT2D eigenvalue weighted by Crippen LogP contribution is -2.28. The van der Waals surface area contributed by atoms with Gasteiger partial charge >= 0.3 is 0 Å². The van der Waals surface area contributed by atoms with Crippen molar-refractivity contribution in [3.63, 3.8) is 0 Å². The molecule has 7 heteroatoms. The van der Waals surface area contributed by atoms with Crippen molar-refractivity contribution < 1.29 is 9.21 Å². The Bertz CT molecular complexity index is 872. The van der Waals surface area contributed by atoms with Gasteiger partial charge in [-0.1, -0.05) is 43.8 Å². The molecule has 136 valence electrons. The molecule has 0 bridgehead atoms. The summed E-state index contributed by atoms with van der Waals surface area (Å²) >= 11 is 1.36. The van der Waals surface area contributed by atoms with Crippen LogP contribution >= 0.6 is 11.8 Å². The summed E-state index contributed by atoms with van der Waals surface area (Å²) in [6, 6.07) is 11.7. The maximum absolute atomic E-state index is 12.1. The minimum Gasteiger partial charge on any atom is -0.461 e. The molecule has 3 aromatic rings. The third kappa shape index (κ3) is 4.16. The molecule has 1 N–H and O–H groups in total. The van der Waals surface area contributed by atoms with Gasteiger partial charge in [-0.2, -0.15) is 0 Å². The van der Waals surface area contributed by atoms with E-state index < -0.39 is 0 Å². The van der Waals surface area contributed by atoms with Crippen LogP contribution < -0.4 is 5.32 Å². The van der Waals surface area contributed by atoms with Crippen molar-refractivity contribution in [3.05, 3.63) is 48.2 Å². The number of benzene rings is 1. The molecule has 0 aliphatic rings. The fourth-order valence-corrected chi connectivity index (χ4v) is 3.23. The maximum Gasteiger partial charge on any atom is 0.230 e. The van der Waals surface area contributed by atoms with E-state index in [9.17, 15) is 4.79 Å². The van der Waals surface area contributed by atoms with E-state index in [1.54, 1.807) is 6.26 Å². The van der Waals surface area contributed by atoms with Crippen LogP contribution in [0.15, 0.2) is 52.2 Å². The molecule has 0 atom stereocenters. The van der Waals surface area contributed by atoms with Gasteiger partial charge in [-0.3, -0.25) is 9.36 Å². The van der Waals surface area contributed by atoms with Crippen molar-refractivity contribution in [2.24, 2.45) is 5.92 Å². The second kappa shape index (κ2) is 8.23. The van der Waals surface area contributed by atoms with E-state index in [2.05, 4.69) is 29.4 Å². The molecule has 2 aromatic heterocycles. The van der Waals surface area contributed by atoms with Gasteiger partial charge < -0.3 is 9.73 Å². The van der Waals surface area contributed by atoms with Gasteiger partial charge in [0, 0.05) is 6.54 Å². The van der Waals surface area contributed by atoms with Gasteiger partial charge in [0.05, 0.1) is 17.7 Å². The van der Waals surface area contributed by atoms with E-state index in [0.29, 0.717) is 29.2 Å². The highest BCUT2D eigenvalue weighted by atomic mass is 32.2. The van der Waals surface area contributed by atoms with Crippen molar-refractivity contribution in [1.29, 1.82) is 0 Å². The van der Waals surface area contributed by atoms with E-state index in [4.69, 9.17) is 4.42 Å². The van der Waals surface area contributed by atoms with Crippen molar-refractivity contribution in [1.82, 2.24) is 20.1 Å². The summed E-state index contributed by atoms with van der Waals surface area (Å²) in [5.74, 6) is 1.95. The second-order valence-electron chi connectivity index (χ2n) is 6.39. The number of amides is 1. The lowest BCUT2D eigenvalue weighted by Gasteiger charge is -2.12.